The number of benzene rings is 1. The van der Waals surface area contributed by atoms with E-state index >= 15 is 0 Å². The van der Waals surface area contributed by atoms with E-state index < -0.39 is 0 Å². The maximum atomic E-state index is 9.23. The Labute approximate surface area is 105 Å². The molecule has 1 saturated heterocycles. The highest BCUT2D eigenvalue weighted by Gasteiger charge is 2.16. The van der Waals surface area contributed by atoms with Crippen molar-refractivity contribution in [3.8, 4) is 0 Å². The van der Waals surface area contributed by atoms with Crippen molar-refractivity contribution in [1.82, 2.24) is 5.32 Å². The van der Waals surface area contributed by atoms with Crippen LogP contribution in [0.4, 0.5) is 5.69 Å². The van der Waals surface area contributed by atoms with E-state index in [1.165, 1.54) is 5.69 Å². The second-order valence-corrected chi connectivity index (χ2v) is 5.03. The lowest BCUT2D eigenvalue weighted by Crippen LogP contribution is -2.40. The Morgan fingerprint density at radius 2 is 2.12 bits per heavy atom. The molecule has 16 heavy (non-hydrogen) atoms. The van der Waals surface area contributed by atoms with Gasteiger partial charge in [-0.1, -0.05) is 15.9 Å². The summed E-state index contributed by atoms with van der Waals surface area (Å²) in [6.07, 6.45) is 1.12. The molecule has 0 aromatic heterocycles. The van der Waals surface area contributed by atoms with Crippen molar-refractivity contribution in [1.29, 1.82) is 0 Å². The summed E-state index contributed by atoms with van der Waals surface area (Å²) in [6, 6.07) is 8.53. The predicted octanol–water partition coefficient (Wildman–Crippen LogP) is 1.61. The third-order valence-corrected chi connectivity index (χ3v) is 3.42. The summed E-state index contributed by atoms with van der Waals surface area (Å²) in [5.74, 6) is 0. The molecule has 2 N–H and O–H groups in total. The Morgan fingerprint density at radius 3 is 2.81 bits per heavy atom. The molecule has 1 aliphatic rings. The van der Waals surface area contributed by atoms with Crippen LogP contribution in [-0.2, 0) is 0 Å². The third kappa shape index (κ3) is 2.97. The van der Waals surface area contributed by atoms with Crippen molar-refractivity contribution in [2.24, 2.45) is 0 Å². The summed E-state index contributed by atoms with van der Waals surface area (Å²) in [6.45, 7) is 3.11. The molecule has 0 spiro atoms. The number of aliphatic hydroxyl groups excluding tert-OH is 1. The number of aliphatic hydroxyl groups is 1. The molecule has 88 valence electrons. The van der Waals surface area contributed by atoms with Crippen molar-refractivity contribution >= 4 is 21.6 Å². The van der Waals surface area contributed by atoms with E-state index in [0.29, 0.717) is 0 Å². The predicted molar refractivity (Wildman–Crippen MR) is 69.8 cm³/mol. The summed E-state index contributed by atoms with van der Waals surface area (Å²) in [4.78, 5) is 2.33. The average molecular weight is 285 g/mol. The fourth-order valence-electron chi connectivity index (χ4n) is 2.01. The van der Waals surface area contributed by atoms with E-state index in [2.05, 4.69) is 50.4 Å². The standard InChI is InChI=1S/C12H17BrN2O/c13-10-2-4-12(5-3-10)15-7-1-6-14-11(8-15)9-16/h2-5,11,14,16H,1,6-9H2. The molecule has 0 radical (unpaired) electrons. The van der Waals surface area contributed by atoms with Gasteiger partial charge in [0, 0.05) is 29.3 Å². The average Bonchev–Trinajstić information content (AvgIpc) is 2.55. The molecule has 1 aromatic rings. The summed E-state index contributed by atoms with van der Waals surface area (Å²) in [5.41, 5.74) is 1.23. The largest absolute Gasteiger partial charge is 0.395 e. The summed E-state index contributed by atoms with van der Waals surface area (Å²) >= 11 is 3.44. The lowest BCUT2D eigenvalue weighted by molar-refractivity contribution is 0.248. The minimum absolute atomic E-state index is 0.186. The normalized spacial score (nSPS) is 21.9. The number of nitrogens with one attached hydrogen (secondary N) is 1. The topological polar surface area (TPSA) is 35.5 Å². The zero-order chi connectivity index (χ0) is 11.4. The first-order valence-corrected chi connectivity index (χ1v) is 6.43. The number of hydrogen-bond acceptors (Lipinski definition) is 3. The second kappa shape index (κ2) is 5.66. The van der Waals surface area contributed by atoms with Crippen molar-refractivity contribution in [2.75, 3.05) is 31.1 Å². The van der Waals surface area contributed by atoms with Gasteiger partial charge in [-0.3, -0.25) is 0 Å². The number of nitrogens with zero attached hydrogens (tertiary/aromatic N) is 1. The van der Waals surface area contributed by atoms with E-state index in [9.17, 15) is 5.11 Å². The Morgan fingerprint density at radius 1 is 1.38 bits per heavy atom. The monoisotopic (exact) mass is 284 g/mol. The minimum atomic E-state index is 0.186. The van der Waals surface area contributed by atoms with Gasteiger partial charge in [0.2, 0.25) is 0 Å². The Bertz CT molecular complexity index is 328. The van der Waals surface area contributed by atoms with Gasteiger partial charge < -0.3 is 15.3 Å². The van der Waals surface area contributed by atoms with Crippen LogP contribution in [-0.4, -0.2) is 37.4 Å². The molecule has 1 unspecified atom stereocenters. The van der Waals surface area contributed by atoms with Gasteiger partial charge in [-0.05, 0) is 37.2 Å². The molecular formula is C12H17BrN2O. The lowest BCUT2D eigenvalue weighted by Gasteiger charge is -2.25. The van der Waals surface area contributed by atoms with Gasteiger partial charge >= 0.3 is 0 Å². The maximum Gasteiger partial charge on any atom is 0.0601 e. The van der Waals surface area contributed by atoms with Crippen LogP contribution in [0, 0.1) is 0 Å². The highest BCUT2D eigenvalue weighted by Crippen LogP contribution is 2.19. The van der Waals surface area contributed by atoms with Crippen LogP contribution in [0.3, 0.4) is 0 Å². The molecular weight excluding hydrogens is 268 g/mol. The zero-order valence-corrected chi connectivity index (χ0v) is 10.8. The van der Waals surface area contributed by atoms with Crippen LogP contribution in [0.25, 0.3) is 0 Å². The molecule has 1 aliphatic heterocycles. The highest BCUT2D eigenvalue weighted by molar-refractivity contribution is 9.10. The molecule has 1 fully saturated rings. The number of halogens is 1. The van der Waals surface area contributed by atoms with Crippen molar-refractivity contribution in [3.63, 3.8) is 0 Å². The van der Waals surface area contributed by atoms with Gasteiger partial charge in [0.25, 0.3) is 0 Å². The summed E-state index contributed by atoms with van der Waals surface area (Å²) in [5, 5.41) is 12.6. The van der Waals surface area contributed by atoms with E-state index in [1.54, 1.807) is 0 Å². The van der Waals surface area contributed by atoms with E-state index in [1.807, 2.05) is 0 Å². The van der Waals surface area contributed by atoms with Gasteiger partial charge in [0.05, 0.1) is 6.61 Å². The fraction of sp³-hybridized carbons (Fsp3) is 0.500. The van der Waals surface area contributed by atoms with Crippen LogP contribution in [0.1, 0.15) is 6.42 Å². The molecule has 1 aromatic carbocycles. The third-order valence-electron chi connectivity index (χ3n) is 2.89. The molecule has 1 atom stereocenters. The Kier molecular flexibility index (Phi) is 4.21. The highest BCUT2D eigenvalue weighted by atomic mass is 79.9. The first kappa shape index (κ1) is 11.9. The van der Waals surface area contributed by atoms with Crippen LogP contribution >= 0.6 is 15.9 Å². The van der Waals surface area contributed by atoms with Crippen molar-refractivity contribution in [2.45, 2.75) is 12.5 Å². The number of rotatable bonds is 2. The quantitative estimate of drug-likeness (QED) is 0.866. The van der Waals surface area contributed by atoms with Crippen LogP contribution in [0.15, 0.2) is 28.7 Å². The molecule has 1 heterocycles. The van der Waals surface area contributed by atoms with Crippen molar-refractivity contribution < 1.29 is 5.11 Å². The van der Waals surface area contributed by atoms with Crippen LogP contribution in [0.5, 0.6) is 0 Å². The molecule has 4 heteroatoms. The SMILES string of the molecule is OCC1CN(c2ccc(Br)cc2)CCCN1. The van der Waals surface area contributed by atoms with E-state index in [0.717, 1.165) is 30.5 Å². The molecule has 2 rings (SSSR count). The molecule has 0 saturated carbocycles. The smallest absolute Gasteiger partial charge is 0.0601 e. The van der Waals surface area contributed by atoms with Gasteiger partial charge in [0.1, 0.15) is 0 Å². The molecule has 0 amide bonds. The first-order chi connectivity index (χ1) is 7.79. The van der Waals surface area contributed by atoms with Crippen molar-refractivity contribution in [3.05, 3.63) is 28.7 Å². The number of hydrogen-bond donors (Lipinski definition) is 2. The first-order valence-electron chi connectivity index (χ1n) is 5.64. The maximum absolute atomic E-state index is 9.23. The van der Waals surface area contributed by atoms with Gasteiger partial charge in [-0.2, -0.15) is 0 Å². The van der Waals surface area contributed by atoms with Crippen LogP contribution < -0.4 is 10.2 Å². The van der Waals surface area contributed by atoms with Crippen LogP contribution in [0.2, 0.25) is 0 Å². The Balaban J connectivity index is 2.09. The minimum Gasteiger partial charge on any atom is -0.395 e. The number of anilines is 1. The summed E-state index contributed by atoms with van der Waals surface area (Å²) < 4.78 is 1.10. The van der Waals surface area contributed by atoms with E-state index in [-0.39, 0.29) is 12.6 Å². The summed E-state index contributed by atoms with van der Waals surface area (Å²) in [7, 11) is 0. The van der Waals surface area contributed by atoms with Gasteiger partial charge in [-0.15, -0.1) is 0 Å². The Hall–Kier alpha value is -0.580. The van der Waals surface area contributed by atoms with Gasteiger partial charge in [0.15, 0.2) is 0 Å². The molecule has 3 nitrogen and oxygen atoms in total. The zero-order valence-electron chi connectivity index (χ0n) is 9.19. The molecule has 0 aliphatic carbocycles. The molecule has 0 bridgehead atoms. The lowest BCUT2D eigenvalue weighted by atomic mass is 10.2. The van der Waals surface area contributed by atoms with E-state index in [4.69, 9.17) is 0 Å². The van der Waals surface area contributed by atoms with Gasteiger partial charge in [-0.25, -0.2) is 0 Å². The fourth-order valence-corrected chi connectivity index (χ4v) is 2.27. The second-order valence-electron chi connectivity index (χ2n) is 4.11.